The van der Waals surface area contributed by atoms with Crippen molar-refractivity contribution in [2.45, 2.75) is 0 Å². The van der Waals surface area contributed by atoms with Crippen molar-refractivity contribution in [3.05, 3.63) is 243 Å². The predicted octanol–water partition coefficient (Wildman–Crippen LogP) is 16.8. The molecule has 0 radical (unpaired) electrons. The topological polar surface area (TPSA) is 25.8 Å². The Hall–Kier alpha value is -8.46. The summed E-state index contributed by atoms with van der Waals surface area (Å²) in [5.74, 6) is 0.696. The molecule has 1 heterocycles. The summed E-state index contributed by atoms with van der Waals surface area (Å²) in [6, 6.07) is 87.2. The highest BCUT2D eigenvalue weighted by Gasteiger charge is 2.16. The van der Waals surface area contributed by atoms with Gasteiger partial charge in [0.1, 0.15) is 0 Å². The van der Waals surface area contributed by atoms with E-state index in [4.69, 9.17) is 9.97 Å². The van der Waals surface area contributed by atoms with Crippen LogP contribution in [0.5, 0.6) is 0 Å². The van der Waals surface area contributed by atoms with Crippen molar-refractivity contribution in [3.63, 3.8) is 0 Å². The molecule has 0 amide bonds. The molecule has 0 saturated carbocycles. The molecule has 2 heteroatoms. The molecular formula is C62H40N2. The normalized spacial score (nSPS) is 11.4. The van der Waals surface area contributed by atoms with Crippen molar-refractivity contribution in [1.82, 2.24) is 9.97 Å². The molecule has 0 aliphatic rings. The van der Waals surface area contributed by atoms with Crippen LogP contribution in [0.3, 0.4) is 0 Å². The Bertz CT molecular complexity index is 3690. The largest absolute Gasteiger partial charge is 0.228 e. The first-order valence-corrected chi connectivity index (χ1v) is 21.9. The van der Waals surface area contributed by atoms with Gasteiger partial charge >= 0.3 is 0 Å². The summed E-state index contributed by atoms with van der Waals surface area (Å²) < 4.78 is 0. The van der Waals surface area contributed by atoms with E-state index in [1.54, 1.807) is 0 Å². The van der Waals surface area contributed by atoms with Crippen molar-refractivity contribution in [1.29, 1.82) is 0 Å². The molecule has 64 heavy (non-hydrogen) atoms. The summed E-state index contributed by atoms with van der Waals surface area (Å²) in [5.41, 5.74) is 14.4. The lowest BCUT2D eigenvalue weighted by molar-refractivity contribution is 1.18. The van der Waals surface area contributed by atoms with Crippen LogP contribution in [0.4, 0.5) is 0 Å². The summed E-state index contributed by atoms with van der Waals surface area (Å²) in [6.45, 7) is 0. The van der Waals surface area contributed by atoms with Crippen molar-refractivity contribution in [2.24, 2.45) is 0 Å². The van der Waals surface area contributed by atoms with Gasteiger partial charge in [-0.05, 0) is 106 Å². The lowest BCUT2D eigenvalue weighted by Crippen LogP contribution is -1.96. The maximum Gasteiger partial charge on any atom is 0.160 e. The second kappa shape index (κ2) is 15.8. The molecule has 0 bridgehead atoms. The van der Waals surface area contributed by atoms with Gasteiger partial charge in [-0.3, -0.25) is 0 Å². The molecule has 0 spiro atoms. The highest BCUT2D eigenvalue weighted by molar-refractivity contribution is 6.20. The van der Waals surface area contributed by atoms with Gasteiger partial charge in [0.15, 0.2) is 5.82 Å². The minimum absolute atomic E-state index is 0.696. The SMILES string of the molecule is c1ccc(-c2cccc(-c3cc(-c4ccccc4)nc(-c4ccc(-c5ccc(-c6ccc(-c7c8ccccc8cc8c7ccc7ccccc78)cc6)c6ccccc56)cc4)n3)c2)cc1. The summed E-state index contributed by atoms with van der Waals surface area (Å²) in [7, 11) is 0. The van der Waals surface area contributed by atoms with Gasteiger partial charge < -0.3 is 0 Å². The highest BCUT2D eigenvalue weighted by Crippen LogP contribution is 2.42. The Kier molecular flexibility index (Phi) is 9.20. The molecule has 12 rings (SSSR count). The zero-order valence-corrected chi connectivity index (χ0v) is 35.0. The molecule has 298 valence electrons. The first-order valence-electron chi connectivity index (χ1n) is 21.9. The molecule has 0 saturated heterocycles. The quantitative estimate of drug-likeness (QED) is 0.118. The second-order valence-corrected chi connectivity index (χ2v) is 16.5. The molecule has 0 aliphatic heterocycles. The molecule has 0 fully saturated rings. The van der Waals surface area contributed by atoms with Gasteiger partial charge in [0.25, 0.3) is 0 Å². The van der Waals surface area contributed by atoms with Crippen LogP contribution in [0.15, 0.2) is 243 Å². The molecule has 0 atom stereocenters. The zero-order valence-electron chi connectivity index (χ0n) is 35.0. The zero-order chi connectivity index (χ0) is 42.4. The first kappa shape index (κ1) is 37.3. The van der Waals surface area contributed by atoms with Crippen LogP contribution >= 0.6 is 0 Å². The van der Waals surface area contributed by atoms with E-state index in [0.717, 1.165) is 39.2 Å². The van der Waals surface area contributed by atoms with Crippen LogP contribution in [-0.2, 0) is 0 Å². The third kappa shape index (κ3) is 6.70. The van der Waals surface area contributed by atoms with Crippen LogP contribution < -0.4 is 0 Å². The summed E-state index contributed by atoms with van der Waals surface area (Å²) in [4.78, 5) is 10.3. The van der Waals surface area contributed by atoms with E-state index in [2.05, 4.69) is 231 Å². The molecule has 0 N–H and O–H groups in total. The fraction of sp³-hybridized carbons (Fsp3) is 0. The third-order valence-corrected chi connectivity index (χ3v) is 12.7. The molecule has 1 aromatic heterocycles. The van der Waals surface area contributed by atoms with E-state index in [1.807, 2.05) is 12.1 Å². The minimum atomic E-state index is 0.696. The van der Waals surface area contributed by atoms with Gasteiger partial charge in [0.05, 0.1) is 11.4 Å². The van der Waals surface area contributed by atoms with Gasteiger partial charge in [0.2, 0.25) is 0 Å². The summed E-state index contributed by atoms with van der Waals surface area (Å²) >= 11 is 0. The number of fused-ring (bicyclic) bond motifs is 5. The van der Waals surface area contributed by atoms with Crippen LogP contribution in [0.2, 0.25) is 0 Å². The van der Waals surface area contributed by atoms with Gasteiger partial charge in [-0.25, -0.2) is 9.97 Å². The Balaban J connectivity index is 0.901. The van der Waals surface area contributed by atoms with E-state index < -0.39 is 0 Å². The van der Waals surface area contributed by atoms with E-state index >= 15 is 0 Å². The maximum absolute atomic E-state index is 5.19. The third-order valence-electron chi connectivity index (χ3n) is 12.7. The maximum atomic E-state index is 5.19. The van der Waals surface area contributed by atoms with Gasteiger partial charge in [-0.1, -0.05) is 224 Å². The fourth-order valence-corrected chi connectivity index (χ4v) is 9.52. The molecular weight excluding hydrogens is 773 g/mol. The standard InChI is InChI=1S/C62H40N2/c1-3-14-41(15-4-1)48-20-13-21-50(38-48)60-40-59(45-17-5-2-6-18-45)63-62(64-60)47-32-28-44(29-33-47)53-37-36-52(55-24-11-12-25-56(53)55)43-26-30-46(31-27-43)61-54-23-10-8-19-49(54)39-58-51-22-9-7-16-42(51)34-35-57(58)61/h1-40H. The van der Waals surface area contributed by atoms with Crippen molar-refractivity contribution in [3.8, 4) is 78.4 Å². The van der Waals surface area contributed by atoms with Gasteiger partial charge in [-0.2, -0.15) is 0 Å². The van der Waals surface area contributed by atoms with Crippen molar-refractivity contribution in [2.75, 3.05) is 0 Å². The average Bonchev–Trinajstić information content (AvgIpc) is 3.38. The smallest absolute Gasteiger partial charge is 0.160 e. The summed E-state index contributed by atoms with van der Waals surface area (Å²) in [5, 5.41) is 10.1. The van der Waals surface area contributed by atoms with Gasteiger partial charge in [-0.15, -0.1) is 0 Å². The molecule has 11 aromatic carbocycles. The fourth-order valence-electron chi connectivity index (χ4n) is 9.52. The molecule has 0 unspecified atom stereocenters. The second-order valence-electron chi connectivity index (χ2n) is 16.5. The average molecular weight is 813 g/mol. The van der Waals surface area contributed by atoms with Crippen LogP contribution in [0, 0.1) is 0 Å². The number of hydrogen-bond acceptors (Lipinski definition) is 2. The Morgan fingerprint density at radius 1 is 0.219 bits per heavy atom. The summed E-state index contributed by atoms with van der Waals surface area (Å²) in [6.07, 6.45) is 0. The highest BCUT2D eigenvalue weighted by atomic mass is 14.9. The number of benzene rings is 11. The van der Waals surface area contributed by atoms with E-state index in [0.29, 0.717) is 5.82 Å². The van der Waals surface area contributed by atoms with Crippen LogP contribution in [0.25, 0.3) is 122 Å². The van der Waals surface area contributed by atoms with Crippen molar-refractivity contribution >= 4 is 43.1 Å². The molecule has 0 aliphatic carbocycles. The molecule has 12 aromatic rings. The van der Waals surface area contributed by atoms with E-state index in [9.17, 15) is 0 Å². The number of hydrogen-bond donors (Lipinski definition) is 0. The Labute approximate surface area is 372 Å². The lowest BCUT2D eigenvalue weighted by atomic mass is 9.88. The Morgan fingerprint density at radius 2 is 0.719 bits per heavy atom. The van der Waals surface area contributed by atoms with Crippen LogP contribution in [0.1, 0.15) is 0 Å². The van der Waals surface area contributed by atoms with E-state index in [-0.39, 0.29) is 0 Å². The molecule has 2 nitrogen and oxygen atoms in total. The van der Waals surface area contributed by atoms with Crippen LogP contribution in [-0.4, -0.2) is 9.97 Å². The minimum Gasteiger partial charge on any atom is -0.228 e. The number of nitrogens with zero attached hydrogens (tertiary/aromatic N) is 2. The number of aromatic nitrogens is 2. The lowest BCUT2D eigenvalue weighted by Gasteiger charge is -2.15. The monoisotopic (exact) mass is 812 g/mol. The van der Waals surface area contributed by atoms with E-state index in [1.165, 1.54) is 76.5 Å². The van der Waals surface area contributed by atoms with Crippen molar-refractivity contribution < 1.29 is 0 Å². The first-order chi connectivity index (χ1) is 31.7. The Morgan fingerprint density at radius 3 is 1.39 bits per heavy atom. The predicted molar refractivity (Wildman–Crippen MR) is 270 cm³/mol. The van der Waals surface area contributed by atoms with Gasteiger partial charge in [0, 0.05) is 16.7 Å². The number of rotatable bonds is 7.